The van der Waals surface area contributed by atoms with E-state index in [2.05, 4.69) is 13.8 Å². The predicted molar refractivity (Wildman–Crippen MR) is 115 cm³/mol. The van der Waals surface area contributed by atoms with Crippen molar-refractivity contribution in [1.82, 2.24) is 0 Å². The highest BCUT2D eigenvalue weighted by Crippen LogP contribution is 2.38. The molecule has 1 atom stereocenters. The molecule has 0 saturated carbocycles. The number of aliphatic hydroxyl groups is 1. The quantitative estimate of drug-likeness (QED) is 0.577. The third kappa shape index (κ3) is 4.08. The first kappa shape index (κ1) is 20.5. The van der Waals surface area contributed by atoms with Gasteiger partial charge in [-0.25, -0.2) is 0 Å². The Balaban J connectivity index is 1.52. The van der Waals surface area contributed by atoms with Crippen molar-refractivity contribution >= 4 is 11.9 Å². The zero-order valence-corrected chi connectivity index (χ0v) is 17.9. The Kier molecular flexibility index (Phi) is 4.89. The van der Waals surface area contributed by atoms with Gasteiger partial charge in [0.1, 0.15) is 29.0 Å². The maximum atomic E-state index is 12.7. The number of phenolic OH excluding ortho intramolecular Hbond substituents is 1. The maximum Gasteiger partial charge on any atom is 0.189 e. The lowest BCUT2D eigenvalue weighted by Crippen LogP contribution is -2.39. The number of ether oxygens (including phenoxy) is 2. The van der Waals surface area contributed by atoms with Crippen molar-refractivity contribution in [2.75, 3.05) is 0 Å². The van der Waals surface area contributed by atoms with Crippen LogP contribution in [0.4, 0.5) is 0 Å². The van der Waals surface area contributed by atoms with Gasteiger partial charge in [-0.15, -0.1) is 0 Å². The number of hydrogen-bond acceptors (Lipinski definition) is 5. The Morgan fingerprint density at radius 1 is 1.17 bits per heavy atom. The van der Waals surface area contributed by atoms with Gasteiger partial charge in [0.25, 0.3) is 0 Å². The highest BCUT2D eigenvalue weighted by Gasteiger charge is 2.35. The molecule has 2 aromatic rings. The van der Waals surface area contributed by atoms with Crippen LogP contribution >= 0.6 is 0 Å². The summed E-state index contributed by atoms with van der Waals surface area (Å²) in [5.74, 6) is 1.00. The minimum atomic E-state index is -1.01. The fourth-order valence-electron chi connectivity index (χ4n) is 3.91. The van der Waals surface area contributed by atoms with Gasteiger partial charge in [0, 0.05) is 12.5 Å². The molecule has 0 aromatic heterocycles. The molecule has 158 valence electrons. The average Bonchev–Trinajstić information content (AvgIpc) is 3.08. The van der Waals surface area contributed by atoms with Gasteiger partial charge < -0.3 is 19.7 Å². The second kappa shape index (κ2) is 7.17. The van der Waals surface area contributed by atoms with Gasteiger partial charge in [0.2, 0.25) is 0 Å². The first-order valence-corrected chi connectivity index (χ1v) is 10.3. The summed E-state index contributed by atoms with van der Waals surface area (Å²) in [6.07, 6.45) is 5.19. The summed E-state index contributed by atoms with van der Waals surface area (Å²) in [5.41, 5.74) is 1.93. The Morgan fingerprint density at radius 2 is 1.93 bits per heavy atom. The van der Waals surface area contributed by atoms with Crippen LogP contribution in [0.15, 0.2) is 36.4 Å². The maximum absolute atomic E-state index is 12.7. The van der Waals surface area contributed by atoms with E-state index in [0.29, 0.717) is 12.2 Å². The zero-order valence-electron chi connectivity index (χ0n) is 17.9. The minimum Gasteiger partial charge on any atom is -0.507 e. The molecule has 2 aliphatic rings. The van der Waals surface area contributed by atoms with Crippen LogP contribution in [0.25, 0.3) is 6.08 Å². The lowest BCUT2D eigenvalue weighted by molar-refractivity contribution is -0.0230. The Hall–Kier alpha value is -2.79. The van der Waals surface area contributed by atoms with E-state index in [1.54, 1.807) is 26.0 Å². The number of ketones is 1. The van der Waals surface area contributed by atoms with Crippen molar-refractivity contribution < 1.29 is 24.5 Å². The minimum absolute atomic E-state index is 0.124. The van der Waals surface area contributed by atoms with Crippen LogP contribution in [0.5, 0.6) is 17.2 Å². The van der Waals surface area contributed by atoms with Crippen molar-refractivity contribution in [3.63, 3.8) is 0 Å². The molecule has 2 N–H and O–H groups in total. The molecule has 0 fully saturated rings. The van der Waals surface area contributed by atoms with Gasteiger partial charge in [-0.05, 0) is 81.5 Å². The summed E-state index contributed by atoms with van der Waals surface area (Å²) in [5, 5.41) is 20.5. The van der Waals surface area contributed by atoms with E-state index in [0.717, 1.165) is 35.3 Å². The number of aryl methyl sites for hydroxylation is 1. The number of hydrogen-bond donors (Lipinski definition) is 2. The lowest BCUT2D eigenvalue weighted by atomic mass is 9.93. The van der Waals surface area contributed by atoms with Crippen LogP contribution < -0.4 is 9.47 Å². The van der Waals surface area contributed by atoms with Gasteiger partial charge >= 0.3 is 0 Å². The second-order valence-corrected chi connectivity index (χ2v) is 9.37. The number of fused-ring (bicyclic) bond motifs is 2. The molecule has 0 radical (unpaired) electrons. The molecule has 0 amide bonds. The van der Waals surface area contributed by atoms with Crippen LogP contribution in [0.3, 0.4) is 0 Å². The molecule has 5 heteroatoms. The molecule has 0 spiro atoms. The fourth-order valence-corrected chi connectivity index (χ4v) is 3.91. The van der Waals surface area contributed by atoms with Crippen molar-refractivity contribution in [3.05, 3.63) is 58.7 Å². The van der Waals surface area contributed by atoms with E-state index in [1.165, 1.54) is 12.1 Å². The Morgan fingerprint density at radius 3 is 2.67 bits per heavy atom. The number of rotatable bonds is 4. The topological polar surface area (TPSA) is 76.0 Å². The van der Waals surface area contributed by atoms with Gasteiger partial charge in [0.05, 0.1) is 11.2 Å². The van der Waals surface area contributed by atoms with E-state index in [4.69, 9.17) is 9.47 Å². The standard InChI is InChI=1S/C25H28O5/c1-24(2)10-9-16-11-15(6-8-21(16)30-24)5-7-19(26)18-12-17-13-23(25(3,4)28)29-22(17)14-20(18)27/h5-8,11-12,14,23,27-28H,9-10,13H2,1-4H3/b7-5-/t23-/m0/s1. The van der Waals surface area contributed by atoms with Crippen molar-refractivity contribution in [2.45, 2.75) is 64.3 Å². The normalized spacial score (nSPS) is 19.7. The van der Waals surface area contributed by atoms with Crippen LogP contribution in [0.1, 0.15) is 61.2 Å². The van der Waals surface area contributed by atoms with Crippen LogP contribution in [0, 0.1) is 0 Å². The number of carbonyl (C=O) groups is 1. The summed E-state index contributed by atoms with van der Waals surface area (Å²) in [4.78, 5) is 12.7. The molecule has 2 aliphatic heterocycles. The molecule has 5 nitrogen and oxygen atoms in total. The van der Waals surface area contributed by atoms with Crippen molar-refractivity contribution in [2.24, 2.45) is 0 Å². The summed E-state index contributed by atoms with van der Waals surface area (Å²) >= 11 is 0. The molecule has 0 unspecified atom stereocenters. The van der Waals surface area contributed by atoms with E-state index in [-0.39, 0.29) is 22.7 Å². The molecule has 2 aromatic carbocycles. The van der Waals surface area contributed by atoms with E-state index in [9.17, 15) is 15.0 Å². The van der Waals surface area contributed by atoms with Crippen LogP contribution in [0.2, 0.25) is 0 Å². The van der Waals surface area contributed by atoms with Crippen LogP contribution in [-0.2, 0) is 12.8 Å². The zero-order chi connectivity index (χ0) is 21.7. The average molecular weight is 408 g/mol. The van der Waals surface area contributed by atoms with Crippen molar-refractivity contribution in [3.8, 4) is 17.2 Å². The summed E-state index contributed by atoms with van der Waals surface area (Å²) in [6.45, 7) is 7.53. The fraction of sp³-hybridized carbons (Fsp3) is 0.400. The van der Waals surface area contributed by atoms with Crippen LogP contribution in [-0.4, -0.2) is 33.3 Å². The van der Waals surface area contributed by atoms with E-state index < -0.39 is 11.7 Å². The van der Waals surface area contributed by atoms with E-state index in [1.807, 2.05) is 18.2 Å². The molecule has 0 saturated heterocycles. The first-order valence-electron chi connectivity index (χ1n) is 10.3. The third-order valence-electron chi connectivity index (χ3n) is 5.80. The monoisotopic (exact) mass is 408 g/mol. The predicted octanol–water partition coefficient (Wildman–Crippen LogP) is 4.47. The first-order chi connectivity index (χ1) is 14.0. The molecule has 30 heavy (non-hydrogen) atoms. The van der Waals surface area contributed by atoms with Gasteiger partial charge in [-0.3, -0.25) is 4.79 Å². The largest absolute Gasteiger partial charge is 0.507 e. The molecular weight excluding hydrogens is 380 g/mol. The molecule has 0 bridgehead atoms. The highest BCUT2D eigenvalue weighted by atomic mass is 16.5. The lowest BCUT2D eigenvalue weighted by Gasteiger charge is -2.32. The summed E-state index contributed by atoms with van der Waals surface area (Å²) in [7, 11) is 0. The highest BCUT2D eigenvalue weighted by molar-refractivity contribution is 6.08. The summed E-state index contributed by atoms with van der Waals surface area (Å²) in [6, 6.07) is 9.03. The number of allylic oxidation sites excluding steroid dienone is 1. The molecule has 4 rings (SSSR count). The molecule has 0 aliphatic carbocycles. The number of benzene rings is 2. The second-order valence-electron chi connectivity index (χ2n) is 9.37. The summed E-state index contributed by atoms with van der Waals surface area (Å²) < 4.78 is 11.7. The number of carbonyl (C=O) groups excluding carboxylic acids is 1. The van der Waals surface area contributed by atoms with Crippen molar-refractivity contribution in [1.29, 1.82) is 0 Å². The molecule has 2 heterocycles. The van der Waals surface area contributed by atoms with E-state index >= 15 is 0 Å². The number of aromatic hydroxyl groups is 1. The number of phenols is 1. The molecular formula is C25H28O5. The third-order valence-corrected chi connectivity index (χ3v) is 5.80. The van der Waals surface area contributed by atoms with Gasteiger partial charge in [-0.2, -0.15) is 0 Å². The van der Waals surface area contributed by atoms with Gasteiger partial charge in [0.15, 0.2) is 5.78 Å². The SMILES string of the molecule is CC1(C)CCc2cc(/C=C\C(=O)c3cc4c(cc3O)O[C@H](C(C)(C)O)C4)ccc2O1. The Bertz CT molecular complexity index is 1030. The smallest absolute Gasteiger partial charge is 0.189 e. The Labute approximate surface area is 177 Å². The van der Waals surface area contributed by atoms with Gasteiger partial charge in [-0.1, -0.05) is 12.1 Å².